The molecule has 136 valence electrons. The number of carbonyl (C=O) groups excluding carboxylic acids is 2. The minimum Gasteiger partial charge on any atom is -0.449 e. The number of fused-ring (bicyclic) bond motifs is 1. The van der Waals surface area contributed by atoms with Crippen LogP contribution in [0.2, 0.25) is 0 Å². The van der Waals surface area contributed by atoms with Gasteiger partial charge in [-0.1, -0.05) is 24.3 Å². The molecule has 1 unspecified atom stereocenters. The molecule has 2 aromatic rings. The second kappa shape index (κ2) is 10.2. The molecule has 0 saturated carbocycles. The maximum atomic E-state index is 12.4. The van der Waals surface area contributed by atoms with E-state index in [1.165, 1.54) is 0 Å². The highest BCUT2D eigenvalue weighted by molar-refractivity contribution is 7.17. The molecule has 1 aromatic carbocycles. The van der Waals surface area contributed by atoms with Crippen molar-refractivity contribution < 1.29 is 14.3 Å². The number of hydrogen-bond donors (Lipinski definition) is 2. The van der Waals surface area contributed by atoms with Gasteiger partial charge >= 0.3 is 6.09 Å². The Bertz CT molecular complexity index is 810. The van der Waals surface area contributed by atoms with Crippen molar-refractivity contribution in [3.05, 3.63) is 47.9 Å². The van der Waals surface area contributed by atoms with E-state index in [0.29, 0.717) is 12.8 Å². The molecule has 1 heterocycles. The molecule has 0 bridgehead atoms. The fourth-order valence-corrected chi connectivity index (χ4v) is 3.38. The second-order valence-corrected chi connectivity index (χ2v) is 6.48. The maximum absolute atomic E-state index is 12.4. The monoisotopic (exact) mass is 371 g/mol. The summed E-state index contributed by atoms with van der Waals surface area (Å²) in [5, 5.41) is 17.0. The first-order valence-electron chi connectivity index (χ1n) is 8.29. The van der Waals surface area contributed by atoms with E-state index >= 15 is 0 Å². The molecule has 0 fully saturated rings. The van der Waals surface area contributed by atoms with E-state index in [1.807, 2.05) is 35.7 Å². The van der Waals surface area contributed by atoms with E-state index in [0.717, 1.165) is 15.6 Å². The molecular formula is C19H21N3O3S. The summed E-state index contributed by atoms with van der Waals surface area (Å²) in [6, 6.07) is 9.11. The zero-order chi connectivity index (χ0) is 18.8. The number of benzene rings is 1. The molecule has 7 heteroatoms. The van der Waals surface area contributed by atoms with Crippen LogP contribution in [0.4, 0.5) is 4.79 Å². The van der Waals surface area contributed by atoms with Crippen molar-refractivity contribution in [3.63, 3.8) is 0 Å². The molecule has 0 spiro atoms. The molecule has 0 aliphatic heterocycles. The van der Waals surface area contributed by atoms with Crippen molar-refractivity contribution in [2.45, 2.75) is 25.3 Å². The number of hydrogen-bond acceptors (Lipinski definition) is 5. The molecule has 0 radical (unpaired) electrons. The number of nitriles is 1. The van der Waals surface area contributed by atoms with Crippen molar-refractivity contribution >= 4 is 33.4 Å². The van der Waals surface area contributed by atoms with Crippen LogP contribution < -0.4 is 10.6 Å². The number of amides is 2. The van der Waals surface area contributed by atoms with Crippen LogP contribution in [0.15, 0.2) is 42.3 Å². The van der Waals surface area contributed by atoms with Gasteiger partial charge in [0.2, 0.25) is 5.91 Å². The molecule has 0 saturated heterocycles. The van der Waals surface area contributed by atoms with Crippen LogP contribution in [-0.4, -0.2) is 31.2 Å². The SMILES string of the molecule is C=CCCOC(=O)NC(Cc1csc2ccccc12)C(=O)NCCC#N. The highest BCUT2D eigenvalue weighted by atomic mass is 32.1. The van der Waals surface area contributed by atoms with Crippen molar-refractivity contribution in [2.75, 3.05) is 13.2 Å². The number of alkyl carbamates (subject to hydrolysis) is 1. The van der Waals surface area contributed by atoms with Crippen LogP contribution in [0, 0.1) is 11.3 Å². The Kier molecular flexibility index (Phi) is 7.65. The van der Waals surface area contributed by atoms with E-state index in [1.54, 1.807) is 17.4 Å². The lowest BCUT2D eigenvalue weighted by molar-refractivity contribution is -0.123. The summed E-state index contributed by atoms with van der Waals surface area (Å²) in [6.07, 6.45) is 2.10. The Hall–Kier alpha value is -2.85. The quantitative estimate of drug-likeness (QED) is 0.523. The largest absolute Gasteiger partial charge is 0.449 e. The summed E-state index contributed by atoms with van der Waals surface area (Å²) in [6.45, 7) is 4.01. The second-order valence-electron chi connectivity index (χ2n) is 5.57. The standard InChI is InChI=1S/C19H21N3O3S/c1-2-3-11-25-19(24)22-16(18(23)21-10-6-9-20)12-14-13-26-17-8-5-4-7-15(14)17/h2,4-5,7-8,13,16H,1,3,6,10-12H2,(H,21,23)(H,22,24). The summed E-state index contributed by atoms with van der Waals surface area (Å²) in [7, 11) is 0. The van der Waals surface area contributed by atoms with Gasteiger partial charge < -0.3 is 15.4 Å². The summed E-state index contributed by atoms with van der Waals surface area (Å²) in [5.74, 6) is -0.337. The smallest absolute Gasteiger partial charge is 0.407 e. The van der Waals surface area contributed by atoms with Crippen LogP contribution in [0.25, 0.3) is 10.1 Å². The third-order valence-corrected chi connectivity index (χ3v) is 4.70. The van der Waals surface area contributed by atoms with E-state index in [9.17, 15) is 9.59 Å². The predicted octanol–water partition coefficient (Wildman–Crippen LogP) is 3.14. The van der Waals surface area contributed by atoms with Gasteiger partial charge in [-0.3, -0.25) is 4.79 Å². The van der Waals surface area contributed by atoms with Crippen molar-refractivity contribution in [1.82, 2.24) is 10.6 Å². The Morgan fingerprint density at radius 2 is 2.19 bits per heavy atom. The molecule has 1 atom stereocenters. The minimum absolute atomic E-state index is 0.208. The van der Waals surface area contributed by atoms with E-state index in [4.69, 9.17) is 10.00 Å². The van der Waals surface area contributed by atoms with E-state index in [-0.39, 0.29) is 25.5 Å². The van der Waals surface area contributed by atoms with Crippen molar-refractivity contribution in [1.29, 1.82) is 5.26 Å². The first-order valence-corrected chi connectivity index (χ1v) is 9.17. The van der Waals surface area contributed by atoms with E-state index in [2.05, 4.69) is 17.2 Å². The van der Waals surface area contributed by atoms with Gasteiger partial charge in [0.25, 0.3) is 0 Å². The van der Waals surface area contributed by atoms with Gasteiger partial charge in [0.05, 0.1) is 19.1 Å². The first kappa shape index (κ1) is 19.5. The minimum atomic E-state index is -0.775. The van der Waals surface area contributed by atoms with Gasteiger partial charge in [0.15, 0.2) is 0 Å². The zero-order valence-electron chi connectivity index (χ0n) is 14.4. The topological polar surface area (TPSA) is 91.2 Å². The number of nitrogens with one attached hydrogen (secondary N) is 2. The molecule has 2 N–H and O–H groups in total. The van der Waals surface area contributed by atoms with Crippen LogP contribution >= 0.6 is 11.3 Å². The fraction of sp³-hybridized carbons (Fsp3) is 0.316. The van der Waals surface area contributed by atoms with Gasteiger partial charge in [-0.2, -0.15) is 5.26 Å². The average molecular weight is 371 g/mol. The number of nitrogens with zero attached hydrogens (tertiary/aromatic N) is 1. The molecule has 6 nitrogen and oxygen atoms in total. The Balaban J connectivity index is 2.08. The van der Waals surface area contributed by atoms with E-state index < -0.39 is 12.1 Å². The van der Waals surface area contributed by atoms with Gasteiger partial charge in [-0.15, -0.1) is 17.9 Å². The lowest BCUT2D eigenvalue weighted by atomic mass is 10.0. The Morgan fingerprint density at radius 3 is 2.96 bits per heavy atom. The van der Waals surface area contributed by atoms with Crippen LogP contribution in [-0.2, 0) is 16.0 Å². The van der Waals surface area contributed by atoms with Crippen LogP contribution in [0.1, 0.15) is 18.4 Å². The molecule has 2 amide bonds. The van der Waals surface area contributed by atoms with Gasteiger partial charge in [-0.25, -0.2) is 4.79 Å². The first-order chi connectivity index (χ1) is 12.7. The van der Waals surface area contributed by atoms with Gasteiger partial charge in [0.1, 0.15) is 6.04 Å². The van der Waals surface area contributed by atoms with Gasteiger partial charge in [-0.05, 0) is 28.8 Å². The third-order valence-electron chi connectivity index (χ3n) is 3.68. The van der Waals surface area contributed by atoms with Crippen LogP contribution in [0.5, 0.6) is 0 Å². The Morgan fingerprint density at radius 1 is 1.38 bits per heavy atom. The van der Waals surface area contributed by atoms with Gasteiger partial charge in [0, 0.05) is 17.7 Å². The lowest BCUT2D eigenvalue weighted by Gasteiger charge is -2.18. The lowest BCUT2D eigenvalue weighted by Crippen LogP contribution is -2.48. The Labute approximate surface area is 156 Å². The molecule has 1 aromatic heterocycles. The summed E-state index contributed by atoms with van der Waals surface area (Å²) >= 11 is 1.60. The molecular weight excluding hydrogens is 350 g/mol. The molecule has 0 aliphatic rings. The molecule has 26 heavy (non-hydrogen) atoms. The fourth-order valence-electron chi connectivity index (χ4n) is 2.40. The summed E-state index contributed by atoms with van der Waals surface area (Å²) in [4.78, 5) is 24.4. The summed E-state index contributed by atoms with van der Waals surface area (Å²) < 4.78 is 6.17. The number of rotatable bonds is 9. The van der Waals surface area contributed by atoms with Crippen LogP contribution in [0.3, 0.4) is 0 Å². The highest BCUT2D eigenvalue weighted by Gasteiger charge is 2.23. The predicted molar refractivity (Wildman–Crippen MR) is 102 cm³/mol. The highest BCUT2D eigenvalue weighted by Crippen LogP contribution is 2.26. The van der Waals surface area contributed by atoms with Crippen molar-refractivity contribution in [3.8, 4) is 6.07 Å². The number of thiophene rings is 1. The number of ether oxygens (including phenoxy) is 1. The number of carbonyl (C=O) groups is 2. The average Bonchev–Trinajstić information content (AvgIpc) is 3.04. The summed E-state index contributed by atoms with van der Waals surface area (Å²) in [5.41, 5.74) is 0.984. The van der Waals surface area contributed by atoms with Crippen molar-refractivity contribution in [2.24, 2.45) is 0 Å². The molecule has 0 aliphatic carbocycles. The normalized spacial score (nSPS) is 11.3. The zero-order valence-corrected chi connectivity index (χ0v) is 15.2. The third kappa shape index (κ3) is 5.60. The molecule has 2 rings (SSSR count). The maximum Gasteiger partial charge on any atom is 0.407 e.